The summed E-state index contributed by atoms with van der Waals surface area (Å²) in [6.07, 6.45) is 3.00. The molecule has 1 saturated heterocycles. The molecule has 108 valence electrons. The molecule has 0 spiro atoms. The fourth-order valence-corrected chi connectivity index (χ4v) is 3.83. The highest BCUT2D eigenvalue weighted by Gasteiger charge is 2.75. The van der Waals surface area contributed by atoms with Crippen LogP contribution >= 0.6 is 0 Å². The fourth-order valence-electron chi connectivity index (χ4n) is 3.83. The van der Waals surface area contributed by atoms with Gasteiger partial charge in [-0.1, -0.05) is 12.1 Å². The fraction of sp³-hybridized carbons (Fsp3) is 0.500. The van der Waals surface area contributed by atoms with Crippen molar-refractivity contribution in [1.82, 2.24) is 9.47 Å². The van der Waals surface area contributed by atoms with Crippen molar-refractivity contribution in [2.24, 2.45) is 11.3 Å². The lowest BCUT2D eigenvalue weighted by Crippen LogP contribution is -2.33. The van der Waals surface area contributed by atoms with E-state index in [-0.39, 0.29) is 17.2 Å². The second-order valence-electron chi connectivity index (χ2n) is 6.66. The lowest BCUT2D eigenvalue weighted by Gasteiger charge is -2.18. The molecule has 5 heteroatoms. The van der Waals surface area contributed by atoms with Gasteiger partial charge in [0.25, 0.3) is 0 Å². The molecule has 1 atom stereocenters. The Morgan fingerprint density at radius 2 is 2.05 bits per heavy atom. The van der Waals surface area contributed by atoms with Crippen LogP contribution in [0.15, 0.2) is 33.5 Å². The highest BCUT2D eigenvalue weighted by molar-refractivity contribution is 5.90. The number of oxazole rings is 1. The molecule has 5 rings (SSSR count). The first-order chi connectivity index (χ1) is 10.2. The van der Waals surface area contributed by atoms with Gasteiger partial charge in [-0.3, -0.25) is 9.36 Å². The van der Waals surface area contributed by atoms with E-state index in [0.717, 1.165) is 31.3 Å². The summed E-state index contributed by atoms with van der Waals surface area (Å²) in [7, 11) is 0. The number of para-hydroxylation sites is 2. The van der Waals surface area contributed by atoms with Crippen molar-refractivity contribution in [2.45, 2.75) is 25.3 Å². The van der Waals surface area contributed by atoms with Gasteiger partial charge in [-0.05, 0) is 37.3 Å². The smallest absolute Gasteiger partial charge is 0.408 e. The first kappa shape index (κ1) is 11.6. The van der Waals surface area contributed by atoms with E-state index in [4.69, 9.17) is 4.42 Å². The molecule has 0 N–H and O–H groups in total. The molecule has 2 aromatic rings. The molecule has 3 aliphatic rings. The third-order valence-corrected chi connectivity index (χ3v) is 5.44. The summed E-state index contributed by atoms with van der Waals surface area (Å²) in [4.78, 5) is 26.5. The molecule has 2 saturated carbocycles. The predicted molar refractivity (Wildman–Crippen MR) is 75.9 cm³/mol. The van der Waals surface area contributed by atoms with E-state index < -0.39 is 0 Å². The number of aromatic nitrogens is 1. The summed E-state index contributed by atoms with van der Waals surface area (Å²) in [6, 6.07) is 7.52. The van der Waals surface area contributed by atoms with E-state index in [2.05, 4.69) is 0 Å². The zero-order valence-corrected chi connectivity index (χ0v) is 11.6. The maximum Gasteiger partial charge on any atom is 0.420 e. The number of nitrogens with zero attached hydrogens (tertiary/aromatic N) is 2. The normalized spacial score (nSPS) is 33.2. The van der Waals surface area contributed by atoms with E-state index in [1.165, 1.54) is 0 Å². The van der Waals surface area contributed by atoms with Crippen molar-refractivity contribution in [2.75, 3.05) is 13.1 Å². The Morgan fingerprint density at radius 3 is 2.81 bits per heavy atom. The van der Waals surface area contributed by atoms with Gasteiger partial charge < -0.3 is 9.32 Å². The number of hydrogen-bond acceptors (Lipinski definition) is 3. The van der Waals surface area contributed by atoms with Crippen LogP contribution in [0.5, 0.6) is 0 Å². The van der Waals surface area contributed by atoms with Crippen LogP contribution in [0.25, 0.3) is 11.1 Å². The van der Waals surface area contributed by atoms with E-state index >= 15 is 0 Å². The maximum atomic E-state index is 12.4. The van der Waals surface area contributed by atoms with Crippen molar-refractivity contribution >= 4 is 17.0 Å². The average Bonchev–Trinajstić information content (AvgIpc) is 3.22. The van der Waals surface area contributed by atoms with Gasteiger partial charge in [0.15, 0.2) is 5.58 Å². The maximum absolute atomic E-state index is 12.4. The second kappa shape index (κ2) is 3.59. The topological polar surface area (TPSA) is 55.5 Å². The summed E-state index contributed by atoms with van der Waals surface area (Å²) >= 11 is 0. The highest BCUT2D eigenvalue weighted by Crippen LogP contribution is 2.76. The Labute approximate surface area is 121 Å². The van der Waals surface area contributed by atoms with Crippen LogP contribution in [-0.4, -0.2) is 28.5 Å². The third kappa shape index (κ3) is 1.46. The van der Waals surface area contributed by atoms with Crippen molar-refractivity contribution in [3.8, 4) is 0 Å². The van der Waals surface area contributed by atoms with Crippen molar-refractivity contribution < 1.29 is 9.21 Å². The van der Waals surface area contributed by atoms with E-state index in [9.17, 15) is 9.59 Å². The van der Waals surface area contributed by atoms with Gasteiger partial charge in [-0.15, -0.1) is 0 Å². The largest absolute Gasteiger partial charge is 0.420 e. The zero-order chi connectivity index (χ0) is 14.2. The van der Waals surface area contributed by atoms with E-state index in [1.807, 2.05) is 29.2 Å². The predicted octanol–water partition coefficient (Wildman–Crippen LogP) is 1.78. The van der Waals surface area contributed by atoms with Crippen LogP contribution in [0.2, 0.25) is 0 Å². The van der Waals surface area contributed by atoms with Gasteiger partial charge in [0.05, 0.1) is 17.0 Å². The number of fused-ring (bicyclic) bond motifs is 2. The number of rotatable bonds is 2. The van der Waals surface area contributed by atoms with E-state index in [1.54, 1.807) is 4.57 Å². The molecule has 1 unspecified atom stereocenters. The zero-order valence-electron chi connectivity index (χ0n) is 11.6. The van der Waals surface area contributed by atoms with Crippen LogP contribution in [0.1, 0.15) is 25.3 Å². The molecule has 1 aromatic heterocycles. The Hall–Kier alpha value is -2.04. The Balaban J connectivity index is 1.46. The summed E-state index contributed by atoms with van der Waals surface area (Å²) in [6.45, 7) is 1.39. The lowest BCUT2D eigenvalue weighted by molar-refractivity contribution is -0.133. The minimum atomic E-state index is -0.315. The molecule has 0 radical (unpaired) electrons. The van der Waals surface area contributed by atoms with Crippen LogP contribution < -0.4 is 5.76 Å². The standard InChI is InChI=1S/C16H16N2O3/c19-14(16-7-10(16)8-16)17-6-5-11(9-17)18-12-3-1-2-4-13(12)21-15(18)20/h1-4,10-11H,5-9H2. The number of benzene rings is 1. The van der Waals surface area contributed by atoms with Gasteiger partial charge in [-0.2, -0.15) is 0 Å². The first-order valence-corrected chi connectivity index (χ1v) is 7.58. The number of hydrogen-bond donors (Lipinski definition) is 0. The van der Waals surface area contributed by atoms with Crippen LogP contribution in [0.3, 0.4) is 0 Å². The lowest BCUT2D eigenvalue weighted by atomic mass is 10.2. The molecule has 2 heterocycles. The molecule has 5 nitrogen and oxygen atoms in total. The molecular weight excluding hydrogens is 268 g/mol. The highest BCUT2D eigenvalue weighted by atomic mass is 16.4. The molecule has 1 aromatic carbocycles. The average molecular weight is 284 g/mol. The van der Waals surface area contributed by atoms with Gasteiger partial charge in [0.2, 0.25) is 5.91 Å². The van der Waals surface area contributed by atoms with Crippen LogP contribution in [0.4, 0.5) is 0 Å². The number of carbonyl (C=O) groups is 1. The molecule has 21 heavy (non-hydrogen) atoms. The minimum absolute atomic E-state index is 0.0261. The Bertz CT molecular complexity index is 812. The Kier molecular flexibility index (Phi) is 1.98. The monoisotopic (exact) mass is 284 g/mol. The summed E-state index contributed by atoms with van der Waals surface area (Å²) < 4.78 is 7.02. The Morgan fingerprint density at radius 1 is 1.29 bits per heavy atom. The SMILES string of the molecule is O=C(N1CCC(n2c(=O)oc3ccccc32)C1)C12CC1C2. The molecule has 1 amide bonds. The van der Waals surface area contributed by atoms with E-state index in [0.29, 0.717) is 24.0 Å². The van der Waals surface area contributed by atoms with Crippen LogP contribution in [0, 0.1) is 11.3 Å². The molecule has 3 fully saturated rings. The summed E-state index contributed by atoms with van der Waals surface area (Å²) in [5.74, 6) is 0.668. The third-order valence-electron chi connectivity index (χ3n) is 5.44. The molecular formula is C16H16N2O3. The molecule has 2 aliphatic carbocycles. The van der Waals surface area contributed by atoms with Crippen molar-refractivity contribution in [3.63, 3.8) is 0 Å². The second-order valence-corrected chi connectivity index (χ2v) is 6.66. The number of likely N-dealkylation sites (tertiary alicyclic amines) is 1. The minimum Gasteiger partial charge on any atom is -0.408 e. The van der Waals surface area contributed by atoms with Gasteiger partial charge in [-0.25, -0.2) is 4.79 Å². The van der Waals surface area contributed by atoms with Gasteiger partial charge in [0, 0.05) is 13.1 Å². The quantitative estimate of drug-likeness (QED) is 0.844. The summed E-state index contributed by atoms with van der Waals surface area (Å²) in [5.41, 5.74) is 1.48. The van der Waals surface area contributed by atoms with Crippen LogP contribution in [-0.2, 0) is 4.79 Å². The summed E-state index contributed by atoms with van der Waals surface area (Å²) in [5, 5.41) is 0. The molecule has 0 bridgehead atoms. The molecule has 1 aliphatic heterocycles. The number of carbonyl (C=O) groups excluding carboxylic acids is 1. The first-order valence-electron chi connectivity index (χ1n) is 7.58. The van der Waals surface area contributed by atoms with Crippen molar-refractivity contribution in [3.05, 3.63) is 34.8 Å². The van der Waals surface area contributed by atoms with Crippen molar-refractivity contribution in [1.29, 1.82) is 0 Å². The number of amides is 1. The van der Waals surface area contributed by atoms with Gasteiger partial charge >= 0.3 is 5.76 Å². The van der Waals surface area contributed by atoms with Gasteiger partial charge in [0.1, 0.15) is 0 Å².